The number of carboxylic acid groups (broad SMARTS) is 1. The summed E-state index contributed by atoms with van der Waals surface area (Å²) in [5.41, 5.74) is 2.74. The number of rotatable bonds is 7. The number of carboxylic acids is 1. The van der Waals surface area contributed by atoms with Crippen LogP contribution in [0.3, 0.4) is 0 Å². The van der Waals surface area contributed by atoms with Gasteiger partial charge in [0.15, 0.2) is 0 Å². The Labute approximate surface area is 125 Å². The van der Waals surface area contributed by atoms with Crippen molar-refractivity contribution >= 4 is 23.6 Å². The number of anilines is 1. The van der Waals surface area contributed by atoms with Gasteiger partial charge in [-0.05, 0) is 42.7 Å². The van der Waals surface area contributed by atoms with Crippen molar-refractivity contribution in [2.45, 2.75) is 20.3 Å². The van der Waals surface area contributed by atoms with E-state index < -0.39 is 5.97 Å². The first kappa shape index (κ1) is 16.8. The van der Waals surface area contributed by atoms with Crippen molar-refractivity contribution in [2.24, 2.45) is 0 Å². The highest BCUT2D eigenvalue weighted by Crippen LogP contribution is 2.19. The average molecular weight is 290 g/mol. The number of nitrogens with one attached hydrogen (secondary N) is 1. The van der Waals surface area contributed by atoms with Gasteiger partial charge in [0.1, 0.15) is 0 Å². The molecule has 2 N–H and O–H groups in total. The molecule has 5 nitrogen and oxygen atoms in total. The molecule has 5 heteroatoms. The second-order valence-electron chi connectivity index (χ2n) is 4.92. The fraction of sp³-hybridized carbons (Fsp3) is 0.375. The number of benzene rings is 1. The van der Waals surface area contributed by atoms with Gasteiger partial charge in [-0.2, -0.15) is 0 Å². The van der Waals surface area contributed by atoms with Crippen LogP contribution in [0.25, 0.3) is 6.08 Å². The maximum Gasteiger partial charge on any atom is 0.328 e. The van der Waals surface area contributed by atoms with E-state index in [-0.39, 0.29) is 5.91 Å². The number of nitrogens with zero attached hydrogens (tertiary/aromatic N) is 1. The summed E-state index contributed by atoms with van der Waals surface area (Å²) in [7, 11) is 1.85. The number of likely N-dealkylation sites (N-methyl/N-ethyl adjacent to an activating group) is 1. The van der Waals surface area contributed by atoms with Gasteiger partial charge in [0, 0.05) is 25.4 Å². The van der Waals surface area contributed by atoms with Gasteiger partial charge >= 0.3 is 5.97 Å². The molecular formula is C16H22N2O3. The number of carbonyl (C=O) groups excluding carboxylic acids is 1. The molecule has 0 aliphatic heterocycles. The monoisotopic (exact) mass is 290 g/mol. The number of hydrogen-bond donors (Lipinski definition) is 2. The number of amides is 1. The molecular weight excluding hydrogens is 268 g/mol. The Hall–Kier alpha value is -2.30. The minimum absolute atomic E-state index is 0.00754. The molecule has 1 aromatic rings. The van der Waals surface area contributed by atoms with Crippen LogP contribution < -0.4 is 10.2 Å². The van der Waals surface area contributed by atoms with Crippen molar-refractivity contribution in [2.75, 3.05) is 25.0 Å². The molecule has 0 saturated carbocycles. The van der Waals surface area contributed by atoms with Crippen molar-refractivity contribution < 1.29 is 14.7 Å². The molecule has 114 valence electrons. The van der Waals surface area contributed by atoms with Crippen molar-refractivity contribution in [3.8, 4) is 0 Å². The summed E-state index contributed by atoms with van der Waals surface area (Å²) in [6.45, 7) is 4.90. The van der Waals surface area contributed by atoms with E-state index in [9.17, 15) is 9.59 Å². The van der Waals surface area contributed by atoms with Gasteiger partial charge in [0.2, 0.25) is 5.91 Å². The third kappa shape index (κ3) is 5.69. The lowest BCUT2D eigenvalue weighted by atomic mass is 10.1. The second kappa shape index (κ2) is 8.09. The van der Waals surface area contributed by atoms with Crippen molar-refractivity contribution in [1.82, 2.24) is 5.32 Å². The maximum absolute atomic E-state index is 11.7. The Morgan fingerprint density at radius 1 is 1.38 bits per heavy atom. The smallest absolute Gasteiger partial charge is 0.328 e. The lowest BCUT2D eigenvalue weighted by Gasteiger charge is -2.19. The van der Waals surface area contributed by atoms with Gasteiger partial charge in [-0.3, -0.25) is 4.79 Å². The number of carbonyl (C=O) groups is 2. The normalized spacial score (nSPS) is 10.6. The molecule has 0 bridgehead atoms. The predicted molar refractivity (Wildman–Crippen MR) is 84.4 cm³/mol. The molecule has 0 saturated heterocycles. The van der Waals surface area contributed by atoms with Crippen LogP contribution in [0, 0.1) is 6.92 Å². The van der Waals surface area contributed by atoms with Crippen LogP contribution in [0.15, 0.2) is 24.3 Å². The molecule has 21 heavy (non-hydrogen) atoms. The van der Waals surface area contributed by atoms with E-state index in [1.54, 1.807) is 6.08 Å². The fourth-order valence-corrected chi connectivity index (χ4v) is 1.87. The molecule has 1 aromatic carbocycles. The van der Waals surface area contributed by atoms with Crippen LogP contribution in [-0.4, -0.2) is 37.1 Å². The van der Waals surface area contributed by atoms with Gasteiger partial charge in [-0.15, -0.1) is 0 Å². The van der Waals surface area contributed by atoms with Crippen LogP contribution in [0.5, 0.6) is 0 Å². The van der Waals surface area contributed by atoms with E-state index >= 15 is 0 Å². The molecule has 0 spiro atoms. The molecule has 0 heterocycles. The quantitative estimate of drug-likeness (QED) is 0.754. The molecule has 0 aromatic heterocycles. The lowest BCUT2D eigenvalue weighted by molar-refractivity contribution is -0.131. The Morgan fingerprint density at radius 2 is 2.10 bits per heavy atom. The van der Waals surface area contributed by atoms with Gasteiger partial charge in [-0.1, -0.05) is 13.0 Å². The Kier molecular flexibility index (Phi) is 6.46. The molecule has 0 atom stereocenters. The average Bonchev–Trinajstić information content (AvgIpc) is 2.43. The maximum atomic E-state index is 11.7. The highest BCUT2D eigenvalue weighted by Gasteiger charge is 2.08. The van der Waals surface area contributed by atoms with Crippen LogP contribution in [0.1, 0.15) is 24.5 Å². The molecule has 0 aliphatic carbocycles. The zero-order valence-corrected chi connectivity index (χ0v) is 12.7. The summed E-state index contributed by atoms with van der Waals surface area (Å²) in [5.74, 6) is -0.977. The third-order valence-corrected chi connectivity index (χ3v) is 3.05. The van der Waals surface area contributed by atoms with Crippen molar-refractivity contribution in [3.63, 3.8) is 0 Å². The number of hydrogen-bond acceptors (Lipinski definition) is 3. The zero-order valence-electron chi connectivity index (χ0n) is 12.7. The van der Waals surface area contributed by atoms with Gasteiger partial charge in [0.05, 0.1) is 6.54 Å². The lowest BCUT2D eigenvalue weighted by Crippen LogP contribution is -2.35. The fourth-order valence-electron chi connectivity index (χ4n) is 1.87. The van der Waals surface area contributed by atoms with Gasteiger partial charge in [0.25, 0.3) is 0 Å². The minimum Gasteiger partial charge on any atom is -0.478 e. The molecule has 0 radical (unpaired) electrons. The van der Waals surface area contributed by atoms with E-state index in [0.717, 1.165) is 29.3 Å². The molecule has 1 amide bonds. The van der Waals surface area contributed by atoms with Crippen LogP contribution in [-0.2, 0) is 9.59 Å². The summed E-state index contributed by atoms with van der Waals surface area (Å²) in [4.78, 5) is 24.1. The summed E-state index contributed by atoms with van der Waals surface area (Å²) < 4.78 is 0. The van der Waals surface area contributed by atoms with Gasteiger partial charge < -0.3 is 15.3 Å². The largest absolute Gasteiger partial charge is 0.478 e. The minimum atomic E-state index is -0.969. The second-order valence-corrected chi connectivity index (χ2v) is 4.92. The Morgan fingerprint density at radius 3 is 2.67 bits per heavy atom. The van der Waals surface area contributed by atoms with Crippen LogP contribution in [0.2, 0.25) is 0 Å². The molecule has 0 unspecified atom stereocenters. The SMILES string of the molecule is CCCNC(=O)CN(C)c1ccc(C=CC(=O)O)c(C)c1. The molecule has 1 rings (SSSR count). The summed E-state index contributed by atoms with van der Waals surface area (Å²) in [6.07, 6.45) is 3.60. The van der Waals surface area contributed by atoms with E-state index in [1.165, 1.54) is 0 Å². The van der Waals surface area contributed by atoms with Crippen LogP contribution >= 0.6 is 0 Å². The zero-order chi connectivity index (χ0) is 15.8. The Balaban J connectivity index is 2.74. The summed E-state index contributed by atoms with van der Waals surface area (Å²) in [6, 6.07) is 5.67. The summed E-state index contributed by atoms with van der Waals surface area (Å²) in [5, 5.41) is 11.5. The van der Waals surface area contributed by atoms with E-state index in [1.807, 2.05) is 44.0 Å². The number of aliphatic carboxylic acids is 1. The van der Waals surface area contributed by atoms with Crippen molar-refractivity contribution in [3.05, 3.63) is 35.4 Å². The topological polar surface area (TPSA) is 69.6 Å². The van der Waals surface area contributed by atoms with E-state index in [2.05, 4.69) is 5.32 Å². The van der Waals surface area contributed by atoms with Crippen molar-refractivity contribution in [1.29, 1.82) is 0 Å². The molecule has 0 aliphatic rings. The first-order chi connectivity index (χ1) is 9.93. The predicted octanol–water partition coefficient (Wildman–Crippen LogP) is 2.06. The summed E-state index contributed by atoms with van der Waals surface area (Å²) >= 11 is 0. The highest BCUT2D eigenvalue weighted by molar-refractivity contribution is 5.86. The first-order valence-corrected chi connectivity index (χ1v) is 6.93. The third-order valence-electron chi connectivity index (χ3n) is 3.05. The number of aryl methyl sites for hydroxylation is 1. The standard InChI is InChI=1S/C16H22N2O3/c1-4-9-17-15(19)11-18(3)14-7-5-13(12(2)10-14)6-8-16(20)21/h5-8,10H,4,9,11H2,1-3H3,(H,17,19)(H,20,21). The van der Waals surface area contributed by atoms with E-state index in [0.29, 0.717) is 13.1 Å². The highest BCUT2D eigenvalue weighted by atomic mass is 16.4. The van der Waals surface area contributed by atoms with Gasteiger partial charge in [-0.25, -0.2) is 4.79 Å². The Bertz CT molecular complexity index is 538. The van der Waals surface area contributed by atoms with E-state index in [4.69, 9.17) is 5.11 Å². The molecule has 0 fully saturated rings. The first-order valence-electron chi connectivity index (χ1n) is 6.93. The van der Waals surface area contributed by atoms with Crippen LogP contribution in [0.4, 0.5) is 5.69 Å².